The van der Waals surface area contributed by atoms with Crippen molar-refractivity contribution < 1.29 is 8.42 Å². The van der Waals surface area contributed by atoms with Crippen molar-refractivity contribution in [3.63, 3.8) is 0 Å². The number of hydrogen-bond donors (Lipinski definition) is 1. The fourth-order valence-electron chi connectivity index (χ4n) is 1.64. The summed E-state index contributed by atoms with van der Waals surface area (Å²) >= 11 is 0. The lowest BCUT2D eigenvalue weighted by Gasteiger charge is -2.06. The first-order valence-corrected chi connectivity index (χ1v) is 7.13. The SMILES string of the molecule is Cc1ccc(S(=O)(=O)NCc2ccn(C)c2)cc1. The molecule has 0 amide bonds. The van der Waals surface area contributed by atoms with Crippen molar-refractivity contribution in [3.05, 3.63) is 53.9 Å². The van der Waals surface area contributed by atoms with Crippen LogP contribution < -0.4 is 4.72 Å². The van der Waals surface area contributed by atoms with Crippen molar-refractivity contribution in [2.24, 2.45) is 7.05 Å². The number of hydrogen-bond acceptors (Lipinski definition) is 2. The van der Waals surface area contributed by atoms with Gasteiger partial charge in [-0.3, -0.25) is 0 Å². The van der Waals surface area contributed by atoms with Crippen molar-refractivity contribution in [1.82, 2.24) is 9.29 Å². The van der Waals surface area contributed by atoms with Gasteiger partial charge in [0.1, 0.15) is 0 Å². The van der Waals surface area contributed by atoms with Crippen LogP contribution in [0.4, 0.5) is 0 Å². The Kier molecular flexibility index (Phi) is 3.54. The van der Waals surface area contributed by atoms with Gasteiger partial charge in [-0.05, 0) is 30.7 Å². The van der Waals surface area contributed by atoms with Gasteiger partial charge in [-0.2, -0.15) is 0 Å². The molecule has 96 valence electrons. The van der Waals surface area contributed by atoms with E-state index in [0.717, 1.165) is 11.1 Å². The van der Waals surface area contributed by atoms with E-state index in [1.165, 1.54) is 0 Å². The topological polar surface area (TPSA) is 51.1 Å². The zero-order valence-corrected chi connectivity index (χ0v) is 11.2. The second-order valence-electron chi connectivity index (χ2n) is 4.32. The van der Waals surface area contributed by atoms with E-state index >= 15 is 0 Å². The largest absolute Gasteiger partial charge is 0.357 e. The number of sulfonamides is 1. The van der Waals surface area contributed by atoms with E-state index in [0.29, 0.717) is 11.4 Å². The first-order chi connectivity index (χ1) is 8.47. The van der Waals surface area contributed by atoms with Crippen LogP contribution in [0.1, 0.15) is 11.1 Å². The fourth-order valence-corrected chi connectivity index (χ4v) is 2.66. The number of aromatic nitrogens is 1. The molecule has 0 saturated carbocycles. The molecule has 0 saturated heterocycles. The van der Waals surface area contributed by atoms with Crippen LogP contribution in [-0.2, 0) is 23.6 Å². The molecule has 0 radical (unpaired) electrons. The quantitative estimate of drug-likeness (QED) is 0.915. The molecule has 2 rings (SSSR count). The molecular weight excluding hydrogens is 248 g/mol. The van der Waals surface area contributed by atoms with Crippen LogP contribution in [0.25, 0.3) is 0 Å². The summed E-state index contributed by atoms with van der Waals surface area (Å²) in [5, 5.41) is 0. The Bertz CT molecular complexity index is 627. The third kappa shape index (κ3) is 3.00. The first kappa shape index (κ1) is 12.9. The Morgan fingerprint density at radius 2 is 1.83 bits per heavy atom. The van der Waals surface area contributed by atoms with Crippen LogP contribution in [0.15, 0.2) is 47.6 Å². The molecule has 2 aromatic rings. The minimum atomic E-state index is -3.43. The summed E-state index contributed by atoms with van der Waals surface area (Å²) in [5.74, 6) is 0. The zero-order chi connectivity index (χ0) is 13.2. The Balaban J connectivity index is 2.10. The fraction of sp³-hybridized carbons (Fsp3) is 0.231. The Morgan fingerprint density at radius 3 is 2.39 bits per heavy atom. The standard InChI is InChI=1S/C13H16N2O2S/c1-11-3-5-13(6-4-11)18(16,17)14-9-12-7-8-15(2)10-12/h3-8,10,14H,9H2,1-2H3. The van der Waals surface area contributed by atoms with Gasteiger partial charge in [-0.15, -0.1) is 0 Å². The highest BCUT2D eigenvalue weighted by Gasteiger charge is 2.13. The highest BCUT2D eigenvalue weighted by atomic mass is 32.2. The minimum absolute atomic E-state index is 0.295. The lowest BCUT2D eigenvalue weighted by Crippen LogP contribution is -2.23. The van der Waals surface area contributed by atoms with Crippen molar-refractivity contribution in [2.75, 3.05) is 0 Å². The maximum absolute atomic E-state index is 12.0. The normalized spacial score (nSPS) is 11.7. The highest BCUT2D eigenvalue weighted by molar-refractivity contribution is 7.89. The lowest BCUT2D eigenvalue weighted by molar-refractivity contribution is 0.581. The molecule has 0 aliphatic rings. The van der Waals surface area contributed by atoms with E-state index in [9.17, 15) is 8.42 Å². The van der Waals surface area contributed by atoms with Crippen molar-refractivity contribution in [3.8, 4) is 0 Å². The van der Waals surface area contributed by atoms with E-state index in [4.69, 9.17) is 0 Å². The zero-order valence-electron chi connectivity index (χ0n) is 10.4. The average Bonchev–Trinajstić information content (AvgIpc) is 2.73. The molecule has 1 N–H and O–H groups in total. The van der Waals surface area contributed by atoms with Crippen LogP contribution in [0.2, 0.25) is 0 Å². The van der Waals surface area contributed by atoms with Gasteiger partial charge in [0, 0.05) is 26.0 Å². The molecule has 0 spiro atoms. The predicted octanol–water partition coefficient (Wildman–Crippen LogP) is 1.81. The van der Waals surface area contributed by atoms with Gasteiger partial charge < -0.3 is 4.57 Å². The number of aryl methyl sites for hydroxylation is 2. The van der Waals surface area contributed by atoms with Gasteiger partial charge >= 0.3 is 0 Å². The molecule has 18 heavy (non-hydrogen) atoms. The van der Waals surface area contributed by atoms with Crippen LogP contribution in [0, 0.1) is 6.92 Å². The van der Waals surface area contributed by atoms with Gasteiger partial charge in [0.05, 0.1) is 4.90 Å². The van der Waals surface area contributed by atoms with Crippen LogP contribution in [-0.4, -0.2) is 13.0 Å². The monoisotopic (exact) mass is 264 g/mol. The molecule has 0 bridgehead atoms. The molecule has 5 heteroatoms. The number of rotatable bonds is 4. The van der Waals surface area contributed by atoms with Gasteiger partial charge in [-0.1, -0.05) is 17.7 Å². The highest BCUT2D eigenvalue weighted by Crippen LogP contribution is 2.10. The van der Waals surface area contributed by atoms with E-state index < -0.39 is 10.0 Å². The summed E-state index contributed by atoms with van der Waals surface area (Å²) in [7, 11) is -1.52. The Hall–Kier alpha value is -1.59. The molecule has 1 aromatic carbocycles. The second kappa shape index (κ2) is 4.96. The van der Waals surface area contributed by atoms with E-state index in [-0.39, 0.29) is 0 Å². The molecular formula is C13H16N2O2S. The number of benzene rings is 1. The smallest absolute Gasteiger partial charge is 0.240 e. The summed E-state index contributed by atoms with van der Waals surface area (Å²) in [6.45, 7) is 2.23. The van der Waals surface area contributed by atoms with Crippen LogP contribution >= 0.6 is 0 Å². The van der Waals surface area contributed by atoms with Crippen molar-refractivity contribution in [2.45, 2.75) is 18.4 Å². The molecule has 0 unspecified atom stereocenters. The summed E-state index contributed by atoms with van der Waals surface area (Å²) in [6, 6.07) is 8.69. The molecule has 0 atom stereocenters. The van der Waals surface area contributed by atoms with Crippen molar-refractivity contribution in [1.29, 1.82) is 0 Å². The summed E-state index contributed by atoms with van der Waals surface area (Å²) in [6.07, 6.45) is 3.77. The maximum atomic E-state index is 12.0. The Labute approximate surface area is 107 Å². The lowest BCUT2D eigenvalue weighted by atomic mass is 10.2. The van der Waals surface area contributed by atoms with Crippen molar-refractivity contribution >= 4 is 10.0 Å². The third-order valence-corrected chi connectivity index (χ3v) is 4.11. The van der Waals surface area contributed by atoms with E-state index in [1.54, 1.807) is 24.3 Å². The van der Waals surface area contributed by atoms with Gasteiger partial charge in [0.25, 0.3) is 0 Å². The number of nitrogens with one attached hydrogen (secondary N) is 1. The molecule has 0 aliphatic heterocycles. The van der Waals surface area contributed by atoms with Gasteiger partial charge in [-0.25, -0.2) is 13.1 Å². The number of nitrogens with zero attached hydrogens (tertiary/aromatic N) is 1. The summed E-state index contributed by atoms with van der Waals surface area (Å²) in [4.78, 5) is 0.295. The predicted molar refractivity (Wildman–Crippen MR) is 70.6 cm³/mol. The van der Waals surface area contributed by atoms with Crippen LogP contribution in [0.5, 0.6) is 0 Å². The summed E-state index contributed by atoms with van der Waals surface area (Å²) < 4.78 is 28.5. The second-order valence-corrected chi connectivity index (χ2v) is 6.09. The molecule has 0 aliphatic carbocycles. The van der Waals surface area contributed by atoms with Gasteiger partial charge in [0.2, 0.25) is 10.0 Å². The van der Waals surface area contributed by atoms with Gasteiger partial charge in [0.15, 0.2) is 0 Å². The minimum Gasteiger partial charge on any atom is -0.357 e. The average molecular weight is 264 g/mol. The maximum Gasteiger partial charge on any atom is 0.240 e. The molecule has 0 fully saturated rings. The van der Waals surface area contributed by atoms with E-state index in [2.05, 4.69) is 4.72 Å². The first-order valence-electron chi connectivity index (χ1n) is 5.64. The molecule has 1 aromatic heterocycles. The van der Waals surface area contributed by atoms with Crippen LogP contribution in [0.3, 0.4) is 0 Å². The molecule has 1 heterocycles. The Morgan fingerprint density at radius 1 is 1.17 bits per heavy atom. The molecule has 4 nitrogen and oxygen atoms in total. The third-order valence-electron chi connectivity index (χ3n) is 2.69. The summed E-state index contributed by atoms with van der Waals surface area (Å²) in [5.41, 5.74) is 1.98. The van der Waals surface area contributed by atoms with E-state index in [1.807, 2.05) is 37.0 Å².